The Kier molecular flexibility index (Phi) is 2.88. The fourth-order valence-electron chi connectivity index (χ4n) is 0.963. The van der Waals surface area contributed by atoms with E-state index < -0.39 is 12.0 Å². The fourth-order valence-corrected chi connectivity index (χ4v) is 1.09. The third-order valence-corrected chi connectivity index (χ3v) is 2.03. The van der Waals surface area contributed by atoms with Crippen LogP contribution in [0.4, 0.5) is 8.78 Å². The summed E-state index contributed by atoms with van der Waals surface area (Å²) in [6.45, 7) is 0.798. The van der Waals surface area contributed by atoms with Crippen LogP contribution in [-0.4, -0.2) is 5.92 Å². The molecule has 1 unspecified atom stereocenters. The van der Waals surface area contributed by atoms with Crippen molar-refractivity contribution in [1.82, 2.24) is 0 Å². The maximum absolute atomic E-state index is 12.7. The molecule has 13 heavy (non-hydrogen) atoms. The van der Waals surface area contributed by atoms with Gasteiger partial charge in [-0.1, -0.05) is 23.7 Å². The molecule has 0 amide bonds. The van der Waals surface area contributed by atoms with Gasteiger partial charge in [0.2, 0.25) is 0 Å². The van der Waals surface area contributed by atoms with E-state index in [0.29, 0.717) is 10.6 Å². The summed E-state index contributed by atoms with van der Waals surface area (Å²) in [4.78, 5) is 0. The van der Waals surface area contributed by atoms with Gasteiger partial charge in [0.05, 0.1) is 6.04 Å². The molecule has 0 fully saturated rings. The Hall–Kier alpha value is -0.670. The fraction of sp³-hybridized carbons (Fsp3) is 0.333. The molecule has 1 atom stereocenters. The van der Waals surface area contributed by atoms with Crippen molar-refractivity contribution >= 4 is 11.6 Å². The summed E-state index contributed by atoms with van der Waals surface area (Å²) >= 11 is 5.60. The summed E-state index contributed by atoms with van der Waals surface area (Å²) in [7, 11) is 0. The number of benzene rings is 1. The molecule has 1 nitrogen and oxygen atoms in total. The Morgan fingerprint density at radius 3 is 2.15 bits per heavy atom. The van der Waals surface area contributed by atoms with E-state index in [1.165, 1.54) is 12.1 Å². The minimum Gasteiger partial charge on any atom is -0.319 e. The monoisotopic (exact) mass is 205 g/mol. The van der Waals surface area contributed by atoms with Crippen molar-refractivity contribution in [2.45, 2.75) is 18.9 Å². The second kappa shape index (κ2) is 3.60. The van der Waals surface area contributed by atoms with Crippen molar-refractivity contribution in [3.8, 4) is 0 Å². The SMILES string of the molecule is CC(F)(F)C(N)c1ccc(Cl)cc1. The minimum absolute atomic E-state index is 0.386. The lowest BCUT2D eigenvalue weighted by Gasteiger charge is -2.19. The lowest BCUT2D eigenvalue weighted by atomic mass is 10.0. The summed E-state index contributed by atoms with van der Waals surface area (Å²) < 4.78 is 25.5. The van der Waals surface area contributed by atoms with E-state index in [4.69, 9.17) is 17.3 Å². The molecule has 0 saturated heterocycles. The smallest absolute Gasteiger partial charge is 0.264 e. The van der Waals surface area contributed by atoms with Crippen molar-refractivity contribution in [3.63, 3.8) is 0 Å². The highest BCUT2D eigenvalue weighted by molar-refractivity contribution is 6.30. The van der Waals surface area contributed by atoms with Crippen LogP contribution in [0.1, 0.15) is 18.5 Å². The topological polar surface area (TPSA) is 26.0 Å². The van der Waals surface area contributed by atoms with Gasteiger partial charge in [0.1, 0.15) is 0 Å². The zero-order chi connectivity index (χ0) is 10.1. The largest absolute Gasteiger partial charge is 0.319 e. The van der Waals surface area contributed by atoms with E-state index in [2.05, 4.69) is 0 Å². The highest BCUT2D eigenvalue weighted by atomic mass is 35.5. The molecule has 72 valence electrons. The summed E-state index contributed by atoms with van der Waals surface area (Å²) in [6, 6.07) is 4.82. The summed E-state index contributed by atoms with van der Waals surface area (Å²) in [6.07, 6.45) is 0. The van der Waals surface area contributed by atoms with Gasteiger partial charge in [0, 0.05) is 11.9 Å². The number of hydrogen-bond acceptors (Lipinski definition) is 1. The second-order valence-corrected chi connectivity index (χ2v) is 3.42. The molecular formula is C9H10ClF2N. The molecule has 1 rings (SSSR count). The molecule has 0 aliphatic heterocycles. The molecule has 1 aromatic carbocycles. The number of nitrogens with two attached hydrogens (primary N) is 1. The van der Waals surface area contributed by atoms with Crippen LogP contribution in [0.2, 0.25) is 5.02 Å². The van der Waals surface area contributed by atoms with E-state index in [-0.39, 0.29) is 0 Å². The van der Waals surface area contributed by atoms with Crippen molar-refractivity contribution < 1.29 is 8.78 Å². The molecule has 0 bridgehead atoms. The van der Waals surface area contributed by atoms with Crippen LogP contribution < -0.4 is 5.73 Å². The van der Waals surface area contributed by atoms with Crippen LogP contribution in [0.3, 0.4) is 0 Å². The predicted octanol–water partition coefficient (Wildman–Crippen LogP) is 3.00. The molecular weight excluding hydrogens is 196 g/mol. The third-order valence-electron chi connectivity index (χ3n) is 1.78. The van der Waals surface area contributed by atoms with Gasteiger partial charge >= 0.3 is 0 Å². The molecule has 0 aromatic heterocycles. The summed E-state index contributed by atoms with van der Waals surface area (Å²) in [5, 5.41) is 0.510. The lowest BCUT2D eigenvalue weighted by Crippen LogP contribution is -2.29. The van der Waals surface area contributed by atoms with Gasteiger partial charge in [-0.3, -0.25) is 0 Å². The van der Waals surface area contributed by atoms with E-state index in [0.717, 1.165) is 6.92 Å². The maximum Gasteiger partial charge on any atom is 0.264 e. The Labute approximate surface area is 80.5 Å². The average Bonchev–Trinajstić information content (AvgIpc) is 2.03. The average molecular weight is 206 g/mol. The van der Waals surface area contributed by atoms with Gasteiger partial charge < -0.3 is 5.73 Å². The van der Waals surface area contributed by atoms with Crippen molar-refractivity contribution in [3.05, 3.63) is 34.9 Å². The highest BCUT2D eigenvalue weighted by Crippen LogP contribution is 2.28. The van der Waals surface area contributed by atoms with Gasteiger partial charge in [0.25, 0.3) is 5.92 Å². The Bertz CT molecular complexity index is 279. The maximum atomic E-state index is 12.7. The van der Waals surface area contributed by atoms with Gasteiger partial charge in [-0.25, -0.2) is 8.78 Å². The first kappa shape index (κ1) is 10.4. The Morgan fingerprint density at radius 2 is 1.77 bits per heavy atom. The lowest BCUT2D eigenvalue weighted by molar-refractivity contribution is -0.00618. The van der Waals surface area contributed by atoms with E-state index in [9.17, 15) is 8.78 Å². The van der Waals surface area contributed by atoms with Crippen LogP contribution in [0.5, 0.6) is 0 Å². The number of alkyl halides is 2. The molecule has 0 spiro atoms. The molecule has 4 heteroatoms. The molecule has 0 saturated carbocycles. The van der Waals surface area contributed by atoms with Gasteiger partial charge in [-0.05, 0) is 17.7 Å². The summed E-state index contributed by atoms with van der Waals surface area (Å²) in [5.41, 5.74) is 5.72. The molecule has 0 heterocycles. The third kappa shape index (κ3) is 2.64. The van der Waals surface area contributed by atoms with Gasteiger partial charge in [-0.2, -0.15) is 0 Å². The molecule has 0 aliphatic rings. The first-order valence-electron chi connectivity index (χ1n) is 3.80. The molecule has 1 aromatic rings. The second-order valence-electron chi connectivity index (χ2n) is 2.99. The van der Waals surface area contributed by atoms with Gasteiger partial charge in [0.15, 0.2) is 0 Å². The van der Waals surface area contributed by atoms with Crippen molar-refractivity contribution in [2.24, 2.45) is 5.73 Å². The van der Waals surface area contributed by atoms with E-state index in [1.54, 1.807) is 12.1 Å². The van der Waals surface area contributed by atoms with Gasteiger partial charge in [-0.15, -0.1) is 0 Å². The first-order valence-corrected chi connectivity index (χ1v) is 4.18. The minimum atomic E-state index is -2.91. The zero-order valence-corrected chi connectivity index (χ0v) is 7.85. The van der Waals surface area contributed by atoms with Crippen LogP contribution in [0.25, 0.3) is 0 Å². The van der Waals surface area contributed by atoms with Crippen molar-refractivity contribution in [2.75, 3.05) is 0 Å². The highest BCUT2D eigenvalue weighted by Gasteiger charge is 2.31. The van der Waals surface area contributed by atoms with Crippen LogP contribution in [0, 0.1) is 0 Å². The molecule has 0 aliphatic carbocycles. The normalized spacial score (nSPS) is 14.2. The predicted molar refractivity (Wildman–Crippen MR) is 49.0 cm³/mol. The number of halogens is 3. The quantitative estimate of drug-likeness (QED) is 0.789. The molecule has 2 N–H and O–H groups in total. The van der Waals surface area contributed by atoms with E-state index in [1.807, 2.05) is 0 Å². The Morgan fingerprint density at radius 1 is 1.31 bits per heavy atom. The first-order chi connectivity index (χ1) is 5.91. The van der Waals surface area contributed by atoms with Crippen molar-refractivity contribution in [1.29, 1.82) is 0 Å². The van der Waals surface area contributed by atoms with Crippen LogP contribution in [0.15, 0.2) is 24.3 Å². The van der Waals surface area contributed by atoms with E-state index >= 15 is 0 Å². The summed E-state index contributed by atoms with van der Waals surface area (Å²) in [5.74, 6) is -2.91. The number of rotatable bonds is 2. The van der Waals surface area contributed by atoms with Crippen LogP contribution in [-0.2, 0) is 0 Å². The zero-order valence-electron chi connectivity index (χ0n) is 7.10. The number of hydrogen-bond donors (Lipinski definition) is 1. The molecule has 0 radical (unpaired) electrons. The Balaban J connectivity index is 2.90. The van der Waals surface area contributed by atoms with Crippen LogP contribution >= 0.6 is 11.6 Å². The standard InChI is InChI=1S/C9H10ClF2N/c1-9(11,12)8(13)6-2-4-7(10)5-3-6/h2-5,8H,13H2,1H3.